The molecule has 0 aliphatic rings. The van der Waals surface area contributed by atoms with Crippen molar-refractivity contribution in [3.63, 3.8) is 0 Å². The van der Waals surface area contributed by atoms with Gasteiger partial charge in [-0.15, -0.1) is 0 Å². The quantitative estimate of drug-likeness (QED) is 0.162. The lowest BCUT2D eigenvalue weighted by Gasteiger charge is -2.15. The molecule has 240 valence electrons. The number of rotatable bonds is 6. The molecule has 3 heterocycles. The maximum atomic E-state index is 2.42. The second-order valence-corrected chi connectivity index (χ2v) is 15.2. The molecule has 3 aromatic heterocycles. The first-order valence-electron chi connectivity index (χ1n) is 17.1. The van der Waals surface area contributed by atoms with Crippen molar-refractivity contribution < 1.29 is 0 Å². The van der Waals surface area contributed by atoms with E-state index in [1.807, 2.05) is 0 Å². The molecule has 10 aromatic rings. The van der Waals surface area contributed by atoms with E-state index in [1.54, 1.807) is 34.0 Å². The van der Waals surface area contributed by atoms with Crippen LogP contribution in [0.3, 0.4) is 0 Å². The average molecular weight is 703 g/mol. The Labute approximate surface area is 309 Å². The maximum Gasteiger partial charge on any atom is 0.000808 e. The Kier molecular flexibility index (Phi) is 7.50. The number of fused-ring (bicyclic) bond motifs is 3. The van der Waals surface area contributed by atoms with Crippen LogP contribution < -0.4 is 0 Å². The second kappa shape index (κ2) is 12.6. The molecule has 10 rings (SSSR count). The van der Waals surface area contributed by atoms with Crippen LogP contribution >= 0.6 is 34.0 Å². The second-order valence-electron chi connectivity index (χ2n) is 13.0. The van der Waals surface area contributed by atoms with Gasteiger partial charge in [0.25, 0.3) is 0 Å². The Balaban J connectivity index is 1.21. The summed E-state index contributed by atoms with van der Waals surface area (Å²) in [5.41, 5.74) is 15.2. The number of hydrogen-bond acceptors (Lipinski definition) is 3. The molecular formula is C48H30S3. The van der Waals surface area contributed by atoms with E-state index in [1.165, 1.54) is 99.1 Å². The van der Waals surface area contributed by atoms with Crippen molar-refractivity contribution in [2.24, 2.45) is 0 Å². The molecule has 7 aromatic carbocycles. The minimum Gasteiger partial charge on any atom is -0.151 e. The van der Waals surface area contributed by atoms with Crippen molar-refractivity contribution in [3.8, 4) is 66.8 Å². The SMILES string of the molecule is c1ccc2c(-c3cscc3-c3cc(-c4cscc4-c4cccc5ccccc45)cc(-c4cscc4-c4cccc5ccccc45)c3)cccc2c1. The fourth-order valence-electron chi connectivity index (χ4n) is 7.66. The van der Waals surface area contributed by atoms with Gasteiger partial charge in [0.15, 0.2) is 0 Å². The lowest BCUT2D eigenvalue weighted by atomic mass is 9.88. The summed E-state index contributed by atoms with van der Waals surface area (Å²) in [4.78, 5) is 0. The van der Waals surface area contributed by atoms with Crippen LogP contribution in [0.15, 0.2) is 178 Å². The minimum atomic E-state index is 1.23. The third-order valence-electron chi connectivity index (χ3n) is 10.1. The summed E-state index contributed by atoms with van der Waals surface area (Å²) in [5.74, 6) is 0. The monoisotopic (exact) mass is 702 g/mol. The van der Waals surface area contributed by atoms with Crippen LogP contribution in [0.1, 0.15) is 0 Å². The summed E-state index contributed by atoms with van der Waals surface area (Å²) < 4.78 is 0. The molecule has 51 heavy (non-hydrogen) atoms. The van der Waals surface area contributed by atoms with Gasteiger partial charge in [0.2, 0.25) is 0 Å². The van der Waals surface area contributed by atoms with Gasteiger partial charge in [-0.3, -0.25) is 0 Å². The molecule has 0 N–H and O–H groups in total. The summed E-state index contributed by atoms with van der Waals surface area (Å²) in [5, 5.41) is 21.6. The third-order valence-corrected chi connectivity index (χ3v) is 12.3. The Bertz CT molecular complexity index is 2540. The lowest BCUT2D eigenvalue weighted by molar-refractivity contribution is 1.61. The van der Waals surface area contributed by atoms with Crippen molar-refractivity contribution in [1.29, 1.82) is 0 Å². The highest BCUT2D eigenvalue weighted by atomic mass is 32.1. The van der Waals surface area contributed by atoms with Crippen LogP contribution in [0.25, 0.3) is 99.1 Å². The minimum absolute atomic E-state index is 1.23. The number of thiophene rings is 3. The summed E-state index contributed by atoms with van der Waals surface area (Å²) in [7, 11) is 0. The molecule has 0 nitrogen and oxygen atoms in total. The molecule has 0 saturated heterocycles. The fraction of sp³-hybridized carbons (Fsp3) is 0. The normalized spacial score (nSPS) is 11.5. The van der Waals surface area contributed by atoms with Crippen LogP contribution in [-0.2, 0) is 0 Å². The first-order valence-corrected chi connectivity index (χ1v) is 19.9. The van der Waals surface area contributed by atoms with E-state index in [0.717, 1.165) is 0 Å². The summed E-state index contributed by atoms with van der Waals surface area (Å²) in [6.45, 7) is 0. The van der Waals surface area contributed by atoms with Crippen molar-refractivity contribution in [1.82, 2.24) is 0 Å². The molecule has 0 unspecified atom stereocenters. The van der Waals surface area contributed by atoms with E-state index in [2.05, 4.69) is 178 Å². The predicted molar refractivity (Wildman–Crippen MR) is 225 cm³/mol. The van der Waals surface area contributed by atoms with E-state index < -0.39 is 0 Å². The molecule has 0 atom stereocenters. The zero-order valence-corrected chi connectivity index (χ0v) is 30.0. The van der Waals surface area contributed by atoms with Gasteiger partial charge in [-0.05, 0) is 116 Å². The third kappa shape index (κ3) is 5.25. The van der Waals surface area contributed by atoms with Crippen LogP contribution in [-0.4, -0.2) is 0 Å². The van der Waals surface area contributed by atoms with Crippen LogP contribution in [0.2, 0.25) is 0 Å². The van der Waals surface area contributed by atoms with E-state index in [4.69, 9.17) is 0 Å². The van der Waals surface area contributed by atoms with Gasteiger partial charge in [0.05, 0.1) is 0 Å². The van der Waals surface area contributed by atoms with Crippen molar-refractivity contribution in [2.75, 3.05) is 0 Å². The van der Waals surface area contributed by atoms with E-state index in [-0.39, 0.29) is 0 Å². The lowest BCUT2D eigenvalue weighted by Crippen LogP contribution is -1.89. The summed E-state index contributed by atoms with van der Waals surface area (Å²) in [6.07, 6.45) is 0. The highest BCUT2D eigenvalue weighted by molar-refractivity contribution is 7.09. The van der Waals surface area contributed by atoms with Crippen LogP contribution in [0.5, 0.6) is 0 Å². The first-order chi connectivity index (χ1) is 25.3. The molecule has 0 bridgehead atoms. The molecule has 0 amide bonds. The Morgan fingerprint density at radius 3 is 0.843 bits per heavy atom. The molecule has 0 spiro atoms. The van der Waals surface area contributed by atoms with Gasteiger partial charge in [-0.2, -0.15) is 34.0 Å². The Morgan fingerprint density at radius 2 is 0.510 bits per heavy atom. The fourth-order valence-corrected chi connectivity index (χ4v) is 10.2. The predicted octanol–water partition coefficient (Wildman–Crippen LogP) is 15.3. The smallest absolute Gasteiger partial charge is 0.000808 e. The molecule has 0 aliphatic carbocycles. The number of benzene rings is 7. The van der Waals surface area contributed by atoms with Gasteiger partial charge in [0.1, 0.15) is 0 Å². The largest absolute Gasteiger partial charge is 0.151 e. The maximum absolute atomic E-state index is 2.42. The standard InChI is InChI=1S/C48H30S3/c1-4-16-37-31(10-1)13-7-19-40(37)46-28-49-25-43(46)34-22-35(44-26-50-29-47(44)41-20-8-14-32-11-2-5-17-38(32)41)24-36(23-34)45-27-51-30-48(45)42-21-9-15-33-12-3-6-18-39(33)42/h1-30H. The van der Waals surface area contributed by atoms with Crippen molar-refractivity contribution in [2.45, 2.75) is 0 Å². The van der Waals surface area contributed by atoms with Gasteiger partial charge < -0.3 is 0 Å². The van der Waals surface area contributed by atoms with Gasteiger partial charge in [-0.1, -0.05) is 127 Å². The molecule has 0 radical (unpaired) electrons. The molecular weight excluding hydrogens is 673 g/mol. The topological polar surface area (TPSA) is 0 Å². The molecule has 3 heteroatoms. The van der Waals surface area contributed by atoms with Crippen LogP contribution in [0, 0.1) is 0 Å². The zero-order valence-electron chi connectivity index (χ0n) is 27.5. The van der Waals surface area contributed by atoms with Gasteiger partial charge in [-0.25, -0.2) is 0 Å². The highest BCUT2D eigenvalue weighted by Gasteiger charge is 2.19. The van der Waals surface area contributed by atoms with Crippen LogP contribution in [0.4, 0.5) is 0 Å². The van der Waals surface area contributed by atoms with Gasteiger partial charge >= 0.3 is 0 Å². The Hall–Kier alpha value is -5.58. The van der Waals surface area contributed by atoms with E-state index in [0.29, 0.717) is 0 Å². The molecule has 0 fully saturated rings. The van der Waals surface area contributed by atoms with E-state index >= 15 is 0 Å². The molecule has 0 saturated carbocycles. The zero-order chi connectivity index (χ0) is 33.7. The average Bonchev–Trinajstić information content (AvgIpc) is 3.99. The highest BCUT2D eigenvalue weighted by Crippen LogP contribution is 2.46. The Morgan fingerprint density at radius 1 is 0.235 bits per heavy atom. The molecule has 0 aliphatic heterocycles. The summed E-state index contributed by atoms with van der Waals surface area (Å²) >= 11 is 5.33. The van der Waals surface area contributed by atoms with E-state index in [9.17, 15) is 0 Å². The summed E-state index contributed by atoms with van der Waals surface area (Å²) in [6, 6.07) is 53.4. The first kappa shape index (κ1) is 30.3. The number of hydrogen-bond donors (Lipinski definition) is 0. The van der Waals surface area contributed by atoms with Gasteiger partial charge in [0, 0.05) is 33.4 Å². The van der Waals surface area contributed by atoms with Crippen molar-refractivity contribution in [3.05, 3.63) is 178 Å². The van der Waals surface area contributed by atoms with Crippen molar-refractivity contribution >= 4 is 66.3 Å².